The lowest BCUT2D eigenvalue weighted by Gasteiger charge is -1.98. The second-order valence-electron chi connectivity index (χ2n) is 5.69. The van der Waals surface area contributed by atoms with Crippen LogP contribution in [0.25, 0.3) is 27.9 Å². The van der Waals surface area contributed by atoms with Crippen molar-refractivity contribution < 1.29 is 0 Å². The Bertz CT molecular complexity index is 749. The van der Waals surface area contributed by atoms with E-state index in [-0.39, 0.29) is 0 Å². The van der Waals surface area contributed by atoms with E-state index in [0.717, 1.165) is 0 Å². The van der Waals surface area contributed by atoms with Gasteiger partial charge in [0.25, 0.3) is 0 Å². The minimum absolute atomic E-state index is 1.18. The highest BCUT2D eigenvalue weighted by Gasteiger charge is 2.05. The molecule has 0 fully saturated rings. The van der Waals surface area contributed by atoms with Crippen LogP contribution < -0.4 is 0 Å². The van der Waals surface area contributed by atoms with E-state index in [1.54, 1.807) is 0 Å². The third kappa shape index (κ3) is 3.02. The van der Waals surface area contributed by atoms with E-state index in [0.29, 0.717) is 0 Å². The van der Waals surface area contributed by atoms with Gasteiger partial charge in [-0.15, -0.1) is 0 Å². The summed E-state index contributed by atoms with van der Waals surface area (Å²) in [7, 11) is 0. The lowest BCUT2D eigenvalue weighted by Crippen LogP contribution is -1.77. The first-order valence-electron chi connectivity index (χ1n) is 8.06. The third-order valence-corrected chi connectivity index (χ3v) is 4.10. The topological polar surface area (TPSA) is 15.8 Å². The fraction of sp³-hybridized carbons (Fsp3) is 0.300. The van der Waals surface area contributed by atoms with Crippen molar-refractivity contribution in [2.45, 2.75) is 39.0 Å². The zero-order chi connectivity index (χ0) is 14.5. The molecule has 0 saturated heterocycles. The van der Waals surface area contributed by atoms with Crippen LogP contribution in [0.2, 0.25) is 0 Å². The fourth-order valence-corrected chi connectivity index (χ4v) is 2.93. The summed E-state index contributed by atoms with van der Waals surface area (Å²) in [5.41, 5.74) is 3.76. The van der Waals surface area contributed by atoms with Gasteiger partial charge in [0, 0.05) is 16.3 Å². The Morgan fingerprint density at radius 2 is 1.76 bits per heavy atom. The summed E-state index contributed by atoms with van der Waals surface area (Å²) < 4.78 is 0. The lowest BCUT2D eigenvalue weighted by molar-refractivity contribution is 0.675. The minimum Gasteiger partial charge on any atom is -0.354 e. The Morgan fingerprint density at radius 1 is 0.905 bits per heavy atom. The monoisotopic (exact) mass is 277 g/mol. The first-order chi connectivity index (χ1) is 10.4. The van der Waals surface area contributed by atoms with Crippen molar-refractivity contribution in [3.05, 3.63) is 54.1 Å². The van der Waals surface area contributed by atoms with Gasteiger partial charge < -0.3 is 4.98 Å². The van der Waals surface area contributed by atoms with Crippen molar-refractivity contribution in [3.63, 3.8) is 0 Å². The summed E-state index contributed by atoms with van der Waals surface area (Å²) in [6, 6.07) is 15.1. The summed E-state index contributed by atoms with van der Waals surface area (Å²) in [6.45, 7) is 2.26. The molecule has 0 unspecified atom stereocenters. The van der Waals surface area contributed by atoms with E-state index in [2.05, 4.69) is 66.5 Å². The maximum atomic E-state index is 3.56. The predicted octanol–water partition coefficient (Wildman–Crippen LogP) is 6.30. The number of hydrogen-bond acceptors (Lipinski definition) is 0. The Labute approximate surface area is 126 Å². The molecule has 1 heterocycles. The van der Waals surface area contributed by atoms with E-state index in [1.807, 2.05) is 0 Å². The highest BCUT2D eigenvalue weighted by atomic mass is 14.7. The molecule has 0 aliphatic rings. The van der Waals surface area contributed by atoms with Crippen LogP contribution in [0.3, 0.4) is 0 Å². The molecule has 0 bridgehead atoms. The lowest BCUT2D eigenvalue weighted by atomic mass is 10.1. The van der Waals surface area contributed by atoms with Gasteiger partial charge in [0.2, 0.25) is 0 Å². The van der Waals surface area contributed by atoms with Gasteiger partial charge in [0.15, 0.2) is 0 Å². The van der Waals surface area contributed by atoms with E-state index in [1.165, 1.54) is 59.5 Å². The molecule has 0 saturated carbocycles. The van der Waals surface area contributed by atoms with Gasteiger partial charge in [-0.25, -0.2) is 0 Å². The summed E-state index contributed by atoms with van der Waals surface area (Å²) in [5.74, 6) is 0. The number of aromatic amines is 1. The maximum absolute atomic E-state index is 3.56. The number of unbranched alkanes of at least 4 members (excludes halogenated alkanes) is 4. The predicted molar refractivity (Wildman–Crippen MR) is 93.6 cm³/mol. The minimum atomic E-state index is 1.18. The van der Waals surface area contributed by atoms with Crippen molar-refractivity contribution in [3.8, 4) is 0 Å². The molecule has 0 aliphatic carbocycles. The molecule has 0 amide bonds. The molecule has 0 radical (unpaired) electrons. The fourth-order valence-electron chi connectivity index (χ4n) is 2.93. The third-order valence-electron chi connectivity index (χ3n) is 4.10. The molecule has 0 aliphatic heterocycles. The van der Waals surface area contributed by atoms with Gasteiger partial charge in [-0.3, -0.25) is 0 Å². The first-order valence-corrected chi connectivity index (χ1v) is 8.06. The molecule has 3 aromatic rings. The molecule has 1 aromatic heterocycles. The molecule has 3 rings (SSSR count). The molecule has 0 spiro atoms. The highest BCUT2D eigenvalue weighted by Crippen LogP contribution is 2.28. The van der Waals surface area contributed by atoms with Crippen LogP contribution in [0.1, 0.15) is 44.6 Å². The molecule has 21 heavy (non-hydrogen) atoms. The average Bonchev–Trinajstić information content (AvgIpc) is 2.90. The Morgan fingerprint density at radius 3 is 2.67 bits per heavy atom. The Balaban J connectivity index is 1.84. The largest absolute Gasteiger partial charge is 0.354 e. The first kappa shape index (κ1) is 13.9. The number of hydrogen-bond donors (Lipinski definition) is 1. The van der Waals surface area contributed by atoms with Gasteiger partial charge >= 0.3 is 0 Å². The standard InChI is InChI=1S/C20H23N/c1-2-3-4-5-6-7-11-16-12-10-14-18-17-13-8-9-15-19(17)21-20(16)18/h7-15,21H,2-6H2,1H3. The summed E-state index contributed by atoms with van der Waals surface area (Å²) in [4.78, 5) is 3.56. The number of allylic oxidation sites excluding steroid dienone is 1. The van der Waals surface area contributed by atoms with Crippen LogP contribution in [0, 0.1) is 0 Å². The molecule has 1 N–H and O–H groups in total. The smallest absolute Gasteiger partial charge is 0.0538 e. The zero-order valence-corrected chi connectivity index (χ0v) is 12.7. The van der Waals surface area contributed by atoms with Crippen LogP contribution in [0.4, 0.5) is 0 Å². The van der Waals surface area contributed by atoms with Crippen LogP contribution in [-0.4, -0.2) is 4.98 Å². The molecular weight excluding hydrogens is 254 g/mol. The second kappa shape index (κ2) is 6.62. The number of aromatic nitrogens is 1. The van der Waals surface area contributed by atoms with E-state index in [4.69, 9.17) is 0 Å². The van der Waals surface area contributed by atoms with Crippen molar-refractivity contribution in [1.82, 2.24) is 4.98 Å². The number of nitrogens with one attached hydrogen (secondary N) is 1. The maximum Gasteiger partial charge on any atom is 0.0538 e. The quantitative estimate of drug-likeness (QED) is 0.508. The van der Waals surface area contributed by atoms with Gasteiger partial charge in [0.1, 0.15) is 0 Å². The average molecular weight is 277 g/mol. The van der Waals surface area contributed by atoms with Crippen LogP contribution in [0.15, 0.2) is 48.5 Å². The van der Waals surface area contributed by atoms with E-state index in [9.17, 15) is 0 Å². The summed E-state index contributed by atoms with van der Waals surface area (Å²) >= 11 is 0. The van der Waals surface area contributed by atoms with Gasteiger partial charge in [-0.05, 0) is 24.5 Å². The van der Waals surface area contributed by atoms with Crippen LogP contribution in [0.5, 0.6) is 0 Å². The highest BCUT2D eigenvalue weighted by molar-refractivity contribution is 6.09. The molecule has 2 aromatic carbocycles. The van der Waals surface area contributed by atoms with Gasteiger partial charge in [-0.1, -0.05) is 74.7 Å². The summed E-state index contributed by atoms with van der Waals surface area (Å²) in [6.07, 6.45) is 11.1. The molecular formula is C20H23N. The van der Waals surface area contributed by atoms with E-state index < -0.39 is 0 Å². The molecule has 1 heteroatoms. The number of fused-ring (bicyclic) bond motifs is 3. The van der Waals surface area contributed by atoms with Crippen molar-refractivity contribution in [1.29, 1.82) is 0 Å². The summed E-state index contributed by atoms with van der Waals surface area (Å²) in [5, 5.41) is 2.63. The Hall–Kier alpha value is -2.02. The number of rotatable bonds is 6. The van der Waals surface area contributed by atoms with Crippen molar-refractivity contribution in [2.75, 3.05) is 0 Å². The van der Waals surface area contributed by atoms with Crippen LogP contribution in [-0.2, 0) is 0 Å². The number of para-hydroxylation sites is 2. The molecule has 108 valence electrons. The van der Waals surface area contributed by atoms with Crippen molar-refractivity contribution >= 4 is 27.9 Å². The normalized spacial score (nSPS) is 11.9. The molecule has 0 atom stereocenters. The Kier molecular flexibility index (Phi) is 4.40. The SMILES string of the molecule is CCCCCCC=Cc1cccc2c1[nH]c1ccccc12. The zero-order valence-electron chi connectivity index (χ0n) is 12.7. The number of benzene rings is 2. The van der Waals surface area contributed by atoms with E-state index >= 15 is 0 Å². The van der Waals surface area contributed by atoms with Gasteiger partial charge in [-0.2, -0.15) is 0 Å². The number of H-pyrrole nitrogens is 1. The van der Waals surface area contributed by atoms with Crippen molar-refractivity contribution in [2.24, 2.45) is 0 Å². The second-order valence-corrected chi connectivity index (χ2v) is 5.69. The molecule has 1 nitrogen and oxygen atoms in total. The van der Waals surface area contributed by atoms with Gasteiger partial charge in [0.05, 0.1) is 5.52 Å². The van der Waals surface area contributed by atoms with Crippen LogP contribution >= 0.6 is 0 Å².